The molecule has 1 heteroatoms. The van der Waals surface area contributed by atoms with Crippen LogP contribution in [0.2, 0.25) is 0 Å². The van der Waals surface area contributed by atoms with Crippen LogP contribution < -0.4 is 4.74 Å². The molecule has 88 valence electrons. The zero-order chi connectivity index (χ0) is 12.3. The molecule has 0 fully saturated rings. The molecule has 0 aliphatic rings. The minimum atomic E-state index is 0.547. The van der Waals surface area contributed by atoms with Crippen molar-refractivity contribution in [1.82, 2.24) is 0 Å². The molecule has 0 heterocycles. The third-order valence-electron chi connectivity index (χ3n) is 2.77. The molecule has 0 N–H and O–H groups in total. The van der Waals surface area contributed by atoms with Gasteiger partial charge in [-0.05, 0) is 11.3 Å². The highest BCUT2D eigenvalue weighted by molar-refractivity contribution is 5.91. The van der Waals surface area contributed by atoms with Crippen molar-refractivity contribution in [3.05, 3.63) is 48.0 Å². The zero-order valence-electron chi connectivity index (χ0n) is 10.6. The lowest BCUT2D eigenvalue weighted by Crippen LogP contribution is -1.89. The topological polar surface area (TPSA) is 9.23 Å². The molecule has 17 heavy (non-hydrogen) atoms. The predicted molar refractivity (Wildman–Crippen MR) is 74.4 cm³/mol. The Morgan fingerprint density at radius 3 is 2.53 bits per heavy atom. The SMILES string of the molecule is COc1c(C=CC(C)C)ccc2ccccc12. The van der Waals surface area contributed by atoms with E-state index in [1.807, 2.05) is 12.1 Å². The Labute approximate surface area is 103 Å². The van der Waals surface area contributed by atoms with Crippen molar-refractivity contribution in [3.8, 4) is 5.75 Å². The summed E-state index contributed by atoms with van der Waals surface area (Å²) in [7, 11) is 1.73. The first-order chi connectivity index (χ1) is 8.22. The molecule has 2 rings (SSSR count). The molecule has 0 saturated heterocycles. The smallest absolute Gasteiger partial charge is 0.133 e. The van der Waals surface area contributed by atoms with Gasteiger partial charge in [0.1, 0.15) is 5.75 Å². The highest BCUT2D eigenvalue weighted by atomic mass is 16.5. The number of hydrogen-bond acceptors (Lipinski definition) is 1. The first-order valence-corrected chi connectivity index (χ1v) is 5.96. The van der Waals surface area contributed by atoms with E-state index in [4.69, 9.17) is 4.74 Å². The standard InChI is InChI=1S/C16H18O/c1-12(2)8-9-14-11-10-13-6-4-5-7-15(13)16(14)17-3/h4-12H,1-3H3. The van der Waals surface area contributed by atoms with Gasteiger partial charge in [0.25, 0.3) is 0 Å². The highest BCUT2D eigenvalue weighted by Crippen LogP contribution is 2.30. The molecule has 0 spiro atoms. The Bertz CT molecular complexity index is 538. The van der Waals surface area contributed by atoms with Crippen molar-refractivity contribution in [2.24, 2.45) is 5.92 Å². The molecule has 0 atom stereocenters. The van der Waals surface area contributed by atoms with E-state index in [-0.39, 0.29) is 0 Å². The van der Waals surface area contributed by atoms with Crippen molar-refractivity contribution >= 4 is 16.8 Å². The fourth-order valence-corrected chi connectivity index (χ4v) is 1.92. The van der Waals surface area contributed by atoms with E-state index in [1.165, 1.54) is 10.8 Å². The van der Waals surface area contributed by atoms with Crippen molar-refractivity contribution in [3.63, 3.8) is 0 Å². The molecule has 0 aromatic heterocycles. The minimum Gasteiger partial charge on any atom is -0.495 e. The van der Waals surface area contributed by atoms with Crippen LogP contribution in [-0.2, 0) is 0 Å². The van der Waals surface area contributed by atoms with Gasteiger partial charge in [-0.2, -0.15) is 0 Å². The van der Waals surface area contributed by atoms with Crippen LogP contribution in [0.25, 0.3) is 16.8 Å². The summed E-state index contributed by atoms with van der Waals surface area (Å²) >= 11 is 0. The first kappa shape index (κ1) is 11.7. The van der Waals surface area contributed by atoms with Crippen LogP contribution in [0.1, 0.15) is 19.4 Å². The van der Waals surface area contributed by atoms with Crippen LogP contribution in [0, 0.1) is 5.92 Å². The maximum atomic E-state index is 5.54. The molecule has 2 aromatic carbocycles. The molecular weight excluding hydrogens is 208 g/mol. The molecule has 0 amide bonds. The lowest BCUT2D eigenvalue weighted by molar-refractivity contribution is 0.419. The minimum absolute atomic E-state index is 0.547. The van der Waals surface area contributed by atoms with Crippen molar-refractivity contribution < 1.29 is 4.74 Å². The molecule has 2 aromatic rings. The van der Waals surface area contributed by atoms with Gasteiger partial charge in [0.15, 0.2) is 0 Å². The van der Waals surface area contributed by atoms with Crippen LogP contribution in [0.4, 0.5) is 0 Å². The Balaban J connectivity index is 2.57. The van der Waals surface area contributed by atoms with Crippen molar-refractivity contribution in [2.45, 2.75) is 13.8 Å². The van der Waals surface area contributed by atoms with Crippen molar-refractivity contribution in [2.75, 3.05) is 7.11 Å². The third kappa shape index (κ3) is 2.50. The third-order valence-corrected chi connectivity index (χ3v) is 2.77. The fourth-order valence-electron chi connectivity index (χ4n) is 1.92. The van der Waals surface area contributed by atoms with Gasteiger partial charge in [0, 0.05) is 10.9 Å². The van der Waals surface area contributed by atoms with Gasteiger partial charge in [-0.1, -0.05) is 62.4 Å². The second kappa shape index (κ2) is 5.05. The first-order valence-electron chi connectivity index (χ1n) is 5.96. The van der Waals surface area contributed by atoms with Crippen LogP contribution >= 0.6 is 0 Å². The molecular formula is C16H18O. The van der Waals surface area contributed by atoms with E-state index >= 15 is 0 Å². The summed E-state index contributed by atoms with van der Waals surface area (Å²) in [6.07, 6.45) is 4.32. The zero-order valence-corrected chi connectivity index (χ0v) is 10.6. The van der Waals surface area contributed by atoms with Gasteiger partial charge in [-0.3, -0.25) is 0 Å². The van der Waals surface area contributed by atoms with Gasteiger partial charge in [0.05, 0.1) is 7.11 Å². The molecule has 0 saturated carbocycles. The molecule has 0 unspecified atom stereocenters. The van der Waals surface area contributed by atoms with Crippen LogP contribution in [0.3, 0.4) is 0 Å². The maximum Gasteiger partial charge on any atom is 0.133 e. The Morgan fingerprint density at radius 2 is 1.82 bits per heavy atom. The summed E-state index contributed by atoms with van der Waals surface area (Å²) in [5.41, 5.74) is 1.14. The lowest BCUT2D eigenvalue weighted by atomic mass is 10.0. The highest BCUT2D eigenvalue weighted by Gasteiger charge is 2.05. The summed E-state index contributed by atoms with van der Waals surface area (Å²) < 4.78 is 5.54. The number of ether oxygens (including phenoxy) is 1. The molecule has 0 bridgehead atoms. The molecule has 1 nitrogen and oxygen atoms in total. The molecule has 0 aliphatic carbocycles. The number of allylic oxidation sites excluding steroid dienone is 1. The fraction of sp³-hybridized carbons (Fsp3) is 0.250. The van der Waals surface area contributed by atoms with Gasteiger partial charge >= 0.3 is 0 Å². The second-order valence-corrected chi connectivity index (χ2v) is 4.51. The Hall–Kier alpha value is -1.76. The predicted octanol–water partition coefficient (Wildman–Crippen LogP) is 4.52. The van der Waals surface area contributed by atoms with E-state index in [1.54, 1.807) is 7.11 Å². The summed E-state index contributed by atoms with van der Waals surface area (Å²) in [6.45, 7) is 4.34. The summed E-state index contributed by atoms with van der Waals surface area (Å²) in [5.74, 6) is 1.51. The number of methoxy groups -OCH3 is 1. The van der Waals surface area contributed by atoms with Crippen LogP contribution in [-0.4, -0.2) is 7.11 Å². The van der Waals surface area contributed by atoms with Gasteiger partial charge in [-0.25, -0.2) is 0 Å². The van der Waals surface area contributed by atoms with Gasteiger partial charge < -0.3 is 4.74 Å². The van der Waals surface area contributed by atoms with E-state index < -0.39 is 0 Å². The van der Waals surface area contributed by atoms with E-state index in [9.17, 15) is 0 Å². The molecule has 0 aliphatic heterocycles. The average molecular weight is 226 g/mol. The monoisotopic (exact) mass is 226 g/mol. The number of hydrogen-bond donors (Lipinski definition) is 0. The van der Waals surface area contributed by atoms with Crippen LogP contribution in [0.15, 0.2) is 42.5 Å². The number of fused-ring (bicyclic) bond motifs is 1. The summed E-state index contributed by atoms with van der Waals surface area (Å²) in [6, 6.07) is 12.5. The number of rotatable bonds is 3. The second-order valence-electron chi connectivity index (χ2n) is 4.51. The summed E-state index contributed by atoms with van der Waals surface area (Å²) in [5, 5.41) is 2.38. The van der Waals surface area contributed by atoms with Crippen molar-refractivity contribution in [1.29, 1.82) is 0 Å². The normalized spacial score (nSPS) is 11.5. The van der Waals surface area contributed by atoms with Crippen LogP contribution in [0.5, 0.6) is 5.75 Å². The number of benzene rings is 2. The van der Waals surface area contributed by atoms with Gasteiger partial charge in [0.2, 0.25) is 0 Å². The lowest BCUT2D eigenvalue weighted by Gasteiger charge is -2.09. The molecule has 0 radical (unpaired) electrons. The quantitative estimate of drug-likeness (QED) is 0.747. The maximum absolute atomic E-state index is 5.54. The van der Waals surface area contributed by atoms with E-state index in [2.05, 4.69) is 50.3 Å². The van der Waals surface area contributed by atoms with E-state index in [0.29, 0.717) is 5.92 Å². The largest absolute Gasteiger partial charge is 0.495 e. The summed E-state index contributed by atoms with van der Waals surface area (Å²) in [4.78, 5) is 0. The Kier molecular flexibility index (Phi) is 3.48. The average Bonchev–Trinajstić information content (AvgIpc) is 2.35. The Morgan fingerprint density at radius 1 is 1.06 bits per heavy atom. The van der Waals surface area contributed by atoms with Gasteiger partial charge in [-0.15, -0.1) is 0 Å². The van der Waals surface area contributed by atoms with E-state index in [0.717, 1.165) is 11.3 Å².